The van der Waals surface area contributed by atoms with Gasteiger partial charge >= 0.3 is 0 Å². The number of rotatable bonds is 6. The van der Waals surface area contributed by atoms with Crippen molar-refractivity contribution >= 4 is 17.3 Å². The maximum absolute atomic E-state index is 12.5. The third kappa shape index (κ3) is 4.11. The second-order valence-corrected chi connectivity index (χ2v) is 4.97. The van der Waals surface area contributed by atoms with Crippen molar-refractivity contribution in [2.24, 2.45) is 0 Å². The smallest absolute Gasteiger partial charge is 0.255 e. The number of anilines is 2. The molecular formula is C14H23N3O3. The number of amides is 1. The molecule has 0 fully saturated rings. The Labute approximate surface area is 119 Å². The predicted octanol–water partition coefficient (Wildman–Crippen LogP) is 0.414. The van der Waals surface area contributed by atoms with Crippen LogP contribution in [0.15, 0.2) is 18.2 Å². The molecular weight excluding hydrogens is 258 g/mol. The van der Waals surface area contributed by atoms with Crippen LogP contribution in [0.25, 0.3) is 0 Å². The molecule has 0 radical (unpaired) electrons. The summed E-state index contributed by atoms with van der Waals surface area (Å²) in [5.74, 6) is -0.184. The first-order chi connectivity index (χ1) is 9.36. The van der Waals surface area contributed by atoms with Crippen LogP contribution < -0.4 is 10.6 Å². The number of carbonyl (C=O) groups excluding carboxylic acids is 1. The average molecular weight is 281 g/mol. The summed E-state index contributed by atoms with van der Waals surface area (Å²) in [6.45, 7) is 0.392. The number of nitrogens with zero attached hydrogens (tertiary/aromatic N) is 2. The molecule has 1 aromatic carbocycles. The Morgan fingerprint density at radius 2 is 2.05 bits per heavy atom. The number of hydrogen-bond acceptors (Lipinski definition) is 5. The van der Waals surface area contributed by atoms with Crippen LogP contribution in [0.4, 0.5) is 11.4 Å². The lowest BCUT2D eigenvalue weighted by Gasteiger charge is -2.24. The molecule has 1 rings (SSSR count). The van der Waals surface area contributed by atoms with E-state index in [1.807, 2.05) is 25.1 Å². The van der Waals surface area contributed by atoms with Crippen LogP contribution in [0, 0.1) is 0 Å². The van der Waals surface area contributed by atoms with Crippen LogP contribution in [-0.4, -0.2) is 63.4 Å². The number of nitrogens with two attached hydrogens (primary N) is 1. The van der Waals surface area contributed by atoms with Crippen LogP contribution >= 0.6 is 0 Å². The van der Waals surface area contributed by atoms with Crippen LogP contribution in [0.2, 0.25) is 0 Å². The van der Waals surface area contributed by atoms with Crippen LogP contribution in [0.1, 0.15) is 10.4 Å². The van der Waals surface area contributed by atoms with Gasteiger partial charge in [0.25, 0.3) is 5.91 Å². The summed E-state index contributed by atoms with van der Waals surface area (Å²) < 4.78 is 4.85. The van der Waals surface area contributed by atoms with Gasteiger partial charge in [-0.1, -0.05) is 0 Å². The molecule has 6 nitrogen and oxygen atoms in total. The van der Waals surface area contributed by atoms with Crippen molar-refractivity contribution in [2.45, 2.75) is 6.10 Å². The second kappa shape index (κ2) is 7.12. The summed E-state index contributed by atoms with van der Waals surface area (Å²) in [6.07, 6.45) is -0.710. The number of nitrogen functional groups attached to an aromatic ring is 1. The number of carbonyl (C=O) groups is 1. The Bertz CT molecular complexity index is 463. The van der Waals surface area contributed by atoms with E-state index in [2.05, 4.69) is 0 Å². The summed E-state index contributed by atoms with van der Waals surface area (Å²) in [5.41, 5.74) is 7.59. The van der Waals surface area contributed by atoms with Gasteiger partial charge in [-0.2, -0.15) is 0 Å². The van der Waals surface area contributed by atoms with Crippen molar-refractivity contribution in [3.8, 4) is 0 Å². The highest BCUT2D eigenvalue weighted by Crippen LogP contribution is 2.22. The zero-order valence-corrected chi connectivity index (χ0v) is 12.5. The zero-order chi connectivity index (χ0) is 15.3. The van der Waals surface area contributed by atoms with Crippen molar-refractivity contribution in [3.63, 3.8) is 0 Å². The summed E-state index contributed by atoms with van der Waals surface area (Å²) >= 11 is 0. The minimum Gasteiger partial charge on any atom is -0.399 e. The van der Waals surface area contributed by atoms with E-state index in [-0.39, 0.29) is 19.1 Å². The third-order valence-corrected chi connectivity index (χ3v) is 2.92. The van der Waals surface area contributed by atoms with Gasteiger partial charge in [0.2, 0.25) is 0 Å². The fourth-order valence-corrected chi connectivity index (χ4v) is 1.96. The fraction of sp³-hybridized carbons (Fsp3) is 0.500. The maximum atomic E-state index is 12.5. The lowest BCUT2D eigenvalue weighted by molar-refractivity contribution is 0.0380. The van der Waals surface area contributed by atoms with Gasteiger partial charge in [-0.25, -0.2) is 0 Å². The molecule has 3 N–H and O–H groups in total. The van der Waals surface area contributed by atoms with Crippen LogP contribution in [0.5, 0.6) is 0 Å². The molecule has 0 aliphatic rings. The third-order valence-electron chi connectivity index (χ3n) is 2.92. The van der Waals surface area contributed by atoms with Gasteiger partial charge in [0.1, 0.15) is 0 Å². The lowest BCUT2D eigenvalue weighted by atomic mass is 10.1. The van der Waals surface area contributed by atoms with Crippen molar-refractivity contribution in [1.29, 1.82) is 0 Å². The highest BCUT2D eigenvalue weighted by Gasteiger charge is 2.19. The number of hydrogen-bond donors (Lipinski definition) is 2. The summed E-state index contributed by atoms with van der Waals surface area (Å²) in [7, 11) is 6.88. The molecule has 1 atom stereocenters. The molecule has 112 valence electrons. The van der Waals surface area contributed by atoms with Gasteiger partial charge in [-0.05, 0) is 18.2 Å². The van der Waals surface area contributed by atoms with Crippen molar-refractivity contribution in [2.75, 3.05) is 52.0 Å². The first-order valence-electron chi connectivity index (χ1n) is 6.36. The molecule has 0 bridgehead atoms. The molecule has 0 aliphatic heterocycles. The SMILES string of the molecule is COCC(O)CN(C)C(=O)c1cc(N)ccc1N(C)C. The van der Waals surface area contributed by atoms with Crippen molar-refractivity contribution in [1.82, 2.24) is 4.90 Å². The van der Waals surface area contributed by atoms with Crippen molar-refractivity contribution < 1.29 is 14.6 Å². The fourth-order valence-electron chi connectivity index (χ4n) is 1.96. The number of likely N-dealkylation sites (N-methyl/N-ethyl adjacent to an activating group) is 1. The minimum absolute atomic E-state index is 0.184. The Hall–Kier alpha value is -1.79. The quantitative estimate of drug-likeness (QED) is 0.739. The maximum Gasteiger partial charge on any atom is 0.255 e. The highest BCUT2D eigenvalue weighted by atomic mass is 16.5. The first kappa shape index (κ1) is 16.3. The number of methoxy groups -OCH3 is 1. The number of aliphatic hydroxyl groups excluding tert-OH is 1. The largest absolute Gasteiger partial charge is 0.399 e. The van der Waals surface area contributed by atoms with Crippen LogP contribution in [0.3, 0.4) is 0 Å². The second-order valence-electron chi connectivity index (χ2n) is 4.97. The molecule has 0 saturated carbocycles. The van der Waals surface area contributed by atoms with E-state index in [1.165, 1.54) is 12.0 Å². The molecule has 0 saturated heterocycles. The van der Waals surface area contributed by atoms with E-state index in [0.29, 0.717) is 11.3 Å². The van der Waals surface area contributed by atoms with Gasteiger partial charge < -0.3 is 25.4 Å². The molecule has 0 aromatic heterocycles. The van der Waals surface area contributed by atoms with Crippen LogP contribution in [-0.2, 0) is 4.74 Å². The van der Waals surface area contributed by atoms with E-state index in [4.69, 9.17) is 10.5 Å². The summed E-state index contributed by atoms with van der Waals surface area (Å²) in [5, 5.41) is 9.69. The number of benzene rings is 1. The minimum atomic E-state index is -0.710. The Kier molecular flexibility index (Phi) is 5.79. The highest BCUT2D eigenvalue weighted by molar-refractivity contribution is 6.00. The predicted molar refractivity (Wildman–Crippen MR) is 80.0 cm³/mol. The summed E-state index contributed by atoms with van der Waals surface area (Å²) in [4.78, 5) is 15.8. The van der Waals surface area contributed by atoms with E-state index < -0.39 is 6.10 Å². The molecule has 1 aromatic rings. The Morgan fingerprint density at radius 1 is 1.40 bits per heavy atom. The standard InChI is InChI=1S/C14H23N3O3/c1-16(2)13-6-5-10(15)7-12(13)14(19)17(3)8-11(18)9-20-4/h5-7,11,18H,8-9,15H2,1-4H3. The topological polar surface area (TPSA) is 79.0 Å². The first-order valence-corrected chi connectivity index (χ1v) is 6.36. The van der Waals surface area contributed by atoms with Crippen molar-refractivity contribution in [3.05, 3.63) is 23.8 Å². The van der Waals surface area contributed by atoms with E-state index in [9.17, 15) is 9.90 Å². The summed E-state index contributed by atoms with van der Waals surface area (Å²) in [6, 6.07) is 5.21. The van der Waals surface area contributed by atoms with E-state index in [1.54, 1.807) is 19.2 Å². The van der Waals surface area contributed by atoms with Gasteiger partial charge in [-0.3, -0.25) is 4.79 Å². The molecule has 1 unspecified atom stereocenters. The van der Waals surface area contributed by atoms with Gasteiger partial charge in [0.15, 0.2) is 0 Å². The van der Waals surface area contributed by atoms with Gasteiger partial charge in [0, 0.05) is 46.2 Å². The zero-order valence-electron chi connectivity index (χ0n) is 12.5. The number of aliphatic hydroxyl groups is 1. The molecule has 1 amide bonds. The normalized spacial score (nSPS) is 12.1. The molecule has 0 spiro atoms. The molecule has 6 heteroatoms. The lowest BCUT2D eigenvalue weighted by Crippen LogP contribution is -2.36. The van der Waals surface area contributed by atoms with Gasteiger partial charge in [-0.15, -0.1) is 0 Å². The molecule has 0 heterocycles. The van der Waals surface area contributed by atoms with E-state index >= 15 is 0 Å². The van der Waals surface area contributed by atoms with Gasteiger partial charge in [0.05, 0.1) is 18.3 Å². The molecule has 0 aliphatic carbocycles. The molecule has 20 heavy (non-hydrogen) atoms. The Balaban J connectivity index is 2.93. The monoisotopic (exact) mass is 281 g/mol. The average Bonchev–Trinajstić information content (AvgIpc) is 2.37. The Morgan fingerprint density at radius 3 is 2.60 bits per heavy atom. The number of ether oxygens (including phenoxy) is 1. The van der Waals surface area contributed by atoms with E-state index in [0.717, 1.165) is 5.69 Å².